The summed E-state index contributed by atoms with van der Waals surface area (Å²) in [4.78, 5) is 16.1. The molecule has 10 heteroatoms. The number of carbonyl (C=O) groups is 1. The number of anilines is 3. The molecule has 2 heterocycles. The Balaban J connectivity index is 1.81. The first-order valence-corrected chi connectivity index (χ1v) is 9.59. The number of rotatable bonds is 6. The highest BCUT2D eigenvalue weighted by Crippen LogP contribution is 2.36. The first-order valence-electron chi connectivity index (χ1n) is 7.98. The number of phenolic OH excluding ortho intramolecular Hbond substituents is 1. The van der Waals surface area contributed by atoms with E-state index in [0.29, 0.717) is 28.3 Å². The standard InChI is InChI=1S/C17H18BrN5O3S/c1-9-4-5-10(27-9)8-19-15-16(22-26-21-15)20-12-7-6-11(18)13(14(12)24)17(25)23(2)3/h4-7,24H,8H2,1-3H3,(H,19,21)(H,20,22). The van der Waals surface area contributed by atoms with E-state index in [1.54, 1.807) is 37.6 Å². The molecule has 1 amide bonds. The van der Waals surface area contributed by atoms with Gasteiger partial charge in [-0.05, 0) is 57.4 Å². The van der Waals surface area contributed by atoms with E-state index in [9.17, 15) is 9.90 Å². The molecule has 0 saturated heterocycles. The van der Waals surface area contributed by atoms with Crippen LogP contribution in [0.1, 0.15) is 20.1 Å². The Labute approximate surface area is 168 Å². The molecule has 0 aliphatic carbocycles. The van der Waals surface area contributed by atoms with Crippen LogP contribution in [0.4, 0.5) is 17.3 Å². The molecule has 0 unspecified atom stereocenters. The second-order valence-electron chi connectivity index (χ2n) is 5.97. The summed E-state index contributed by atoms with van der Waals surface area (Å²) in [7, 11) is 3.23. The molecule has 142 valence electrons. The number of aryl methyl sites for hydroxylation is 1. The zero-order valence-corrected chi connectivity index (χ0v) is 17.3. The van der Waals surface area contributed by atoms with Crippen molar-refractivity contribution in [3.63, 3.8) is 0 Å². The van der Waals surface area contributed by atoms with E-state index >= 15 is 0 Å². The number of hydrogen-bond acceptors (Lipinski definition) is 8. The van der Waals surface area contributed by atoms with E-state index in [-0.39, 0.29) is 17.2 Å². The highest BCUT2D eigenvalue weighted by molar-refractivity contribution is 9.10. The van der Waals surface area contributed by atoms with Gasteiger partial charge in [-0.1, -0.05) is 0 Å². The summed E-state index contributed by atoms with van der Waals surface area (Å²) in [5, 5.41) is 24.3. The fourth-order valence-corrected chi connectivity index (χ4v) is 3.68. The van der Waals surface area contributed by atoms with Gasteiger partial charge in [0.25, 0.3) is 5.91 Å². The van der Waals surface area contributed by atoms with Gasteiger partial charge >= 0.3 is 0 Å². The summed E-state index contributed by atoms with van der Waals surface area (Å²) in [5.74, 6) is 0.201. The number of amides is 1. The molecule has 27 heavy (non-hydrogen) atoms. The largest absolute Gasteiger partial charge is 0.505 e. The Hall–Kier alpha value is -2.59. The predicted octanol–water partition coefficient (Wildman–Crippen LogP) is 3.97. The van der Waals surface area contributed by atoms with Crippen LogP contribution in [-0.4, -0.2) is 40.3 Å². The van der Waals surface area contributed by atoms with Crippen LogP contribution < -0.4 is 10.6 Å². The third-order valence-electron chi connectivity index (χ3n) is 3.71. The molecule has 0 fully saturated rings. The van der Waals surface area contributed by atoms with Crippen LogP contribution in [0.25, 0.3) is 0 Å². The van der Waals surface area contributed by atoms with E-state index in [4.69, 9.17) is 4.63 Å². The Kier molecular flexibility index (Phi) is 5.66. The lowest BCUT2D eigenvalue weighted by molar-refractivity contribution is 0.0824. The van der Waals surface area contributed by atoms with Crippen LogP contribution in [0.15, 0.2) is 33.4 Å². The quantitative estimate of drug-likeness (QED) is 0.487. The number of halogens is 1. The van der Waals surface area contributed by atoms with Crippen molar-refractivity contribution >= 4 is 50.5 Å². The molecular weight excluding hydrogens is 434 g/mol. The molecule has 1 aromatic carbocycles. The maximum atomic E-state index is 12.3. The molecular formula is C17H18BrN5O3S. The fourth-order valence-electron chi connectivity index (χ4n) is 2.36. The van der Waals surface area contributed by atoms with Crippen molar-refractivity contribution in [1.82, 2.24) is 15.2 Å². The summed E-state index contributed by atoms with van der Waals surface area (Å²) in [5.41, 5.74) is 0.471. The van der Waals surface area contributed by atoms with Gasteiger partial charge in [0, 0.05) is 28.3 Å². The average Bonchev–Trinajstić information content (AvgIpc) is 3.24. The summed E-state index contributed by atoms with van der Waals surface area (Å²) in [6.45, 7) is 2.61. The Morgan fingerprint density at radius 3 is 2.67 bits per heavy atom. The van der Waals surface area contributed by atoms with Gasteiger partial charge in [-0.25, -0.2) is 4.63 Å². The van der Waals surface area contributed by atoms with Crippen LogP contribution in [0, 0.1) is 6.92 Å². The normalized spacial score (nSPS) is 10.7. The predicted molar refractivity (Wildman–Crippen MR) is 108 cm³/mol. The molecule has 3 rings (SSSR count). The number of hydrogen-bond donors (Lipinski definition) is 3. The molecule has 0 saturated carbocycles. The molecule has 3 aromatic rings. The lowest BCUT2D eigenvalue weighted by atomic mass is 10.1. The van der Waals surface area contributed by atoms with Crippen molar-refractivity contribution < 1.29 is 14.5 Å². The molecule has 3 N–H and O–H groups in total. The minimum Gasteiger partial charge on any atom is -0.505 e. The van der Waals surface area contributed by atoms with Gasteiger partial charge in [0.05, 0.1) is 17.8 Å². The first-order chi connectivity index (χ1) is 12.9. The highest BCUT2D eigenvalue weighted by atomic mass is 79.9. The first kappa shape index (κ1) is 19.2. The van der Waals surface area contributed by atoms with Crippen molar-refractivity contribution in [2.24, 2.45) is 0 Å². The van der Waals surface area contributed by atoms with E-state index in [1.807, 2.05) is 19.1 Å². The van der Waals surface area contributed by atoms with Crippen LogP contribution in [0.5, 0.6) is 5.75 Å². The van der Waals surface area contributed by atoms with E-state index in [0.717, 1.165) is 4.88 Å². The SMILES string of the molecule is Cc1ccc(CNc2nonc2Nc2ccc(Br)c(C(=O)N(C)C)c2O)s1. The number of nitrogens with one attached hydrogen (secondary N) is 2. The lowest BCUT2D eigenvalue weighted by Gasteiger charge is -2.15. The van der Waals surface area contributed by atoms with E-state index in [1.165, 1.54) is 9.78 Å². The van der Waals surface area contributed by atoms with Crippen molar-refractivity contribution in [3.8, 4) is 5.75 Å². The van der Waals surface area contributed by atoms with Gasteiger partial charge in [0.2, 0.25) is 11.6 Å². The van der Waals surface area contributed by atoms with Crippen LogP contribution >= 0.6 is 27.3 Å². The van der Waals surface area contributed by atoms with Crippen molar-refractivity contribution in [2.45, 2.75) is 13.5 Å². The molecule has 0 spiro atoms. The topological polar surface area (TPSA) is 104 Å². The van der Waals surface area contributed by atoms with Gasteiger partial charge in [-0.2, -0.15) is 0 Å². The van der Waals surface area contributed by atoms with Crippen LogP contribution in [0.3, 0.4) is 0 Å². The number of nitrogens with zero attached hydrogens (tertiary/aromatic N) is 3. The van der Waals surface area contributed by atoms with Crippen LogP contribution in [-0.2, 0) is 6.54 Å². The third kappa shape index (κ3) is 4.22. The fraction of sp³-hybridized carbons (Fsp3) is 0.235. The van der Waals surface area contributed by atoms with Crippen molar-refractivity contribution in [2.75, 3.05) is 24.7 Å². The molecule has 0 aliphatic rings. The molecule has 8 nitrogen and oxygen atoms in total. The second kappa shape index (κ2) is 7.97. The Morgan fingerprint density at radius 2 is 2.00 bits per heavy atom. The van der Waals surface area contributed by atoms with E-state index in [2.05, 4.69) is 36.9 Å². The average molecular weight is 452 g/mol. The second-order valence-corrected chi connectivity index (χ2v) is 8.20. The van der Waals surface area contributed by atoms with Crippen LogP contribution in [0.2, 0.25) is 0 Å². The minimum absolute atomic E-state index is 0.157. The van der Waals surface area contributed by atoms with Gasteiger partial charge in [0.1, 0.15) is 0 Å². The Morgan fingerprint density at radius 1 is 1.26 bits per heavy atom. The number of phenols is 1. The molecule has 0 bridgehead atoms. The van der Waals surface area contributed by atoms with Crippen molar-refractivity contribution in [1.29, 1.82) is 0 Å². The van der Waals surface area contributed by atoms with Gasteiger partial charge in [-0.15, -0.1) is 11.3 Å². The number of thiophene rings is 1. The minimum atomic E-state index is -0.326. The summed E-state index contributed by atoms with van der Waals surface area (Å²) >= 11 is 4.98. The highest BCUT2D eigenvalue weighted by Gasteiger charge is 2.21. The number of aromatic hydroxyl groups is 1. The van der Waals surface area contributed by atoms with Gasteiger partial charge in [0.15, 0.2) is 5.75 Å². The third-order valence-corrected chi connectivity index (χ3v) is 5.38. The molecule has 0 aliphatic heterocycles. The smallest absolute Gasteiger partial charge is 0.258 e. The summed E-state index contributed by atoms with van der Waals surface area (Å²) < 4.78 is 5.30. The monoisotopic (exact) mass is 451 g/mol. The van der Waals surface area contributed by atoms with Gasteiger partial charge < -0.3 is 20.6 Å². The zero-order valence-electron chi connectivity index (χ0n) is 14.9. The number of aromatic nitrogens is 2. The van der Waals surface area contributed by atoms with E-state index < -0.39 is 0 Å². The maximum absolute atomic E-state index is 12.3. The molecule has 0 atom stereocenters. The molecule has 0 radical (unpaired) electrons. The zero-order chi connectivity index (χ0) is 19.6. The Bertz CT molecular complexity index is 969. The summed E-state index contributed by atoms with van der Waals surface area (Å²) in [6.07, 6.45) is 0. The lowest BCUT2D eigenvalue weighted by Crippen LogP contribution is -2.22. The number of carbonyl (C=O) groups excluding carboxylic acids is 1. The van der Waals surface area contributed by atoms with Gasteiger partial charge in [-0.3, -0.25) is 4.79 Å². The van der Waals surface area contributed by atoms with Crippen molar-refractivity contribution in [3.05, 3.63) is 44.1 Å². The maximum Gasteiger partial charge on any atom is 0.258 e. The number of benzene rings is 1. The molecule has 2 aromatic heterocycles. The summed E-state index contributed by atoms with van der Waals surface area (Å²) in [6, 6.07) is 7.39.